The van der Waals surface area contributed by atoms with E-state index in [1.165, 1.54) is 30.7 Å². The van der Waals surface area contributed by atoms with Crippen LogP contribution in [0.15, 0.2) is 0 Å². The average Bonchev–Trinajstić information content (AvgIpc) is 3.39. The third kappa shape index (κ3) is 10.6. The summed E-state index contributed by atoms with van der Waals surface area (Å²) in [5.41, 5.74) is 0. The zero-order chi connectivity index (χ0) is 31.6. The van der Waals surface area contributed by atoms with Crippen LogP contribution in [0.2, 0.25) is 0 Å². The van der Waals surface area contributed by atoms with Gasteiger partial charge in [-0.25, -0.2) is 4.79 Å². The van der Waals surface area contributed by atoms with Crippen molar-refractivity contribution in [2.75, 3.05) is 20.6 Å². The Hall–Kier alpha value is -3.22. The first kappa shape index (κ1) is 35.8. The highest BCUT2D eigenvalue weighted by atomic mass is 16.4. The van der Waals surface area contributed by atoms with E-state index in [2.05, 4.69) is 21.3 Å². The molecule has 1 rings (SSSR count). The molecule has 13 heteroatoms. The Kier molecular flexibility index (Phi) is 14.2. The number of aliphatic carboxylic acids is 1. The van der Waals surface area contributed by atoms with Crippen molar-refractivity contribution >= 4 is 35.5 Å². The molecule has 0 aromatic carbocycles. The molecule has 1 fully saturated rings. The maximum Gasteiger partial charge on any atom is 0.326 e. The van der Waals surface area contributed by atoms with Crippen molar-refractivity contribution in [2.24, 2.45) is 11.8 Å². The van der Waals surface area contributed by atoms with Crippen molar-refractivity contribution in [3.8, 4) is 0 Å². The van der Waals surface area contributed by atoms with Gasteiger partial charge in [0.2, 0.25) is 29.5 Å². The van der Waals surface area contributed by atoms with E-state index in [1.807, 2.05) is 27.7 Å². The van der Waals surface area contributed by atoms with Gasteiger partial charge in [0.15, 0.2) is 0 Å². The van der Waals surface area contributed by atoms with Gasteiger partial charge >= 0.3 is 5.97 Å². The number of nitrogens with one attached hydrogen (secondary N) is 4. The first-order valence-corrected chi connectivity index (χ1v) is 14.4. The summed E-state index contributed by atoms with van der Waals surface area (Å²) >= 11 is 0. The van der Waals surface area contributed by atoms with Crippen LogP contribution in [0.25, 0.3) is 0 Å². The topological polar surface area (TPSA) is 177 Å². The van der Waals surface area contributed by atoms with Gasteiger partial charge < -0.3 is 36.2 Å². The Morgan fingerprint density at radius 2 is 1.34 bits per heavy atom. The van der Waals surface area contributed by atoms with Gasteiger partial charge in [-0.3, -0.25) is 24.0 Å². The van der Waals surface area contributed by atoms with Crippen LogP contribution in [-0.4, -0.2) is 107 Å². The Morgan fingerprint density at radius 3 is 1.85 bits per heavy atom. The number of nitrogens with zero attached hydrogens (tertiary/aromatic N) is 2. The molecule has 0 saturated carbocycles. The number of carboxylic acids is 1. The highest BCUT2D eigenvalue weighted by molar-refractivity contribution is 5.96. The summed E-state index contributed by atoms with van der Waals surface area (Å²) in [5.74, 6) is -3.36. The van der Waals surface area contributed by atoms with E-state index in [4.69, 9.17) is 0 Å². The average molecular weight is 583 g/mol. The smallest absolute Gasteiger partial charge is 0.326 e. The quantitative estimate of drug-likeness (QED) is 0.180. The molecular formula is C28H50N6O7. The summed E-state index contributed by atoms with van der Waals surface area (Å²) in [6.07, 6.45) is 1.62. The van der Waals surface area contributed by atoms with Gasteiger partial charge in [0.25, 0.3) is 0 Å². The molecule has 41 heavy (non-hydrogen) atoms. The van der Waals surface area contributed by atoms with Crippen LogP contribution >= 0.6 is 0 Å². The third-order valence-corrected chi connectivity index (χ3v) is 7.26. The molecule has 5 N–H and O–H groups in total. The summed E-state index contributed by atoms with van der Waals surface area (Å²) in [6, 6.07) is -5.20. The van der Waals surface area contributed by atoms with Crippen LogP contribution in [-0.2, 0) is 28.8 Å². The number of hydrogen-bond acceptors (Lipinski definition) is 7. The van der Waals surface area contributed by atoms with Gasteiger partial charge in [0.1, 0.15) is 30.2 Å². The van der Waals surface area contributed by atoms with Gasteiger partial charge in [0.05, 0.1) is 6.04 Å². The number of rotatable bonds is 15. The van der Waals surface area contributed by atoms with Crippen LogP contribution < -0.4 is 21.3 Å². The lowest BCUT2D eigenvalue weighted by atomic mass is 9.98. The van der Waals surface area contributed by atoms with Crippen molar-refractivity contribution in [2.45, 2.75) is 110 Å². The molecule has 1 heterocycles. The Bertz CT molecular complexity index is 956. The second kappa shape index (κ2) is 16.3. The van der Waals surface area contributed by atoms with Crippen molar-refractivity contribution in [1.29, 1.82) is 0 Å². The Morgan fingerprint density at radius 1 is 0.805 bits per heavy atom. The van der Waals surface area contributed by atoms with E-state index < -0.39 is 65.8 Å². The molecule has 1 saturated heterocycles. The predicted molar refractivity (Wildman–Crippen MR) is 154 cm³/mol. The molecule has 0 bridgehead atoms. The van der Waals surface area contributed by atoms with E-state index in [9.17, 15) is 33.9 Å². The minimum atomic E-state index is -1.09. The monoisotopic (exact) mass is 582 g/mol. The fourth-order valence-electron chi connectivity index (χ4n) is 4.72. The summed E-state index contributed by atoms with van der Waals surface area (Å²) < 4.78 is 0. The van der Waals surface area contributed by atoms with E-state index in [1.54, 1.807) is 14.0 Å². The van der Waals surface area contributed by atoms with Crippen LogP contribution in [0, 0.1) is 11.8 Å². The normalized spacial score (nSPS) is 18.7. The van der Waals surface area contributed by atoms with E-state index in [-0.39, 0.29) is 17.7 Å². The molecule has 0 spiro atoms. The van der Waals surface area contributed by atoms with Crippen LogP contribution in [0.3, 0.4) is 0 Å². The number of carboxylic acid groups (broad SMARTS) is 1. The minimum absolute atomic E-state index is 0.0351. The number of amides is 5. The van der Waals surface area contributed by atoms with E-state index in [0.29, 0.717) is 32.2 Å². The second-order valence-electron chi connectivity index (χ2n) is 11.8. The lowest BCUT2D eigenvalue weighted by molar-refractivity contribution is -0.149. The molecule has 0 aromatic heterocycles. The predicted octanol–water partition coefficient (Wildman–Crippen LogP) is 0.0833. The molecule has 0 aromatic rings. The Labute approximate surface area is 243 Å². The van der Waals surface area contributed by atoms with Gasteiger partial charge in [-0.1, -0.05) is 27.7 Å². The highest BCUT2D eigenvalue weighted by Crippen LogP contribution is 2.19. The zero-order valence-corrected chi connectivity index (χ0v) is 25.9. The summed E-state index contributed by atoms with van der Waals surface area (Å²) in [6.45, 7) is 12.6. The van der Waals surface area contributed by atoms with Crippen LogP contribution in [0.4, 0.5) is 0 Å². The van der Waals surface area contributed by atoms with Gasteiger partial charge in [-0.05, 0) is 65.3 Å². The van der Waals surface area contributed by atoms with Crippen molar-refractivity contribution in [3.05, 3.63) is 0 Å². The van der Waals surface area contributed by atoms with E-state index >= 15 is 0 Å². The number of likely N-dealkylation sites (N-methyl/N-ethyl adjacent to an activating group) is 2. The van der Waals surface area contributed by atoms with Crippen molar-refractivity contribution < 1.29 is 33.9 Å². The molecule has 0 aliphatic carbocycles. The number of likely N-dealkylation sites (tertiary alicyclic amines) is 1. The molecule has 5 amide bonds. The maximum atomic E-state index is 13.5. The zero-order valence-electron chi connectivity index (χ0n) is 25.9. The number of hydrogen-bond donors (Lipinski definition) is 5. The molecular weight excluding hydrogens is 532 g/mol. The van der Waals surface area contributed by atoms with E-state index in [0.717, 1.165) is 0 Å². The third-order valence-electron chi connectivity index (χ3n) is 7.26. The summed E-state index contributed by atoms with van der Waals surface area (Å²) in [7, 11) is 3.15. The minimum Gasteiger partial charge on any atom is -0.480 e. The molecule has 0 radical (unpaired) electrons. The summed E-state index contributed by atoms with van der Waals surface area (Å²) in [5, 5.41) is 20.2. The fourth-order valence-corrected chi connectivity index (χ4v) is 4.72. The largest absolute Gasteiger partial charge is 0.480 e. The van der Waals surface area contributed by atoms with Crippen molar-refractivity contribution in [3.63, 3.8) is 0 Å². The molecule has 234 valence electrons. The molecule has 13 nitrogen and oxygen atoms in total. The SMILES string of the molecule is CN[C@@H](C)C(=O)N[C@@H](CC(C)C)C(=O)N(C)[C@@H](CC(C)C)C(=O)N[C@@H](C)C(=O)N[C@@H](C)C(=O)N1CCC[C@H]1C(=O)O. The van der Waals surface area contributed by atoms with Gasteiger partial charge in [-0.15, -0.1) is 0 Å². The lowest BCUT2D eigenvalue weighted by Crippen LogP contribution is -2.59. The standard InChI is InChI=1S/C28H50N6O7/c1-15(2)13-20(32-23(35)17(5)29-8)27(39)33(9)22(14-16(3)4)25(37)30-18(6)24(36)31-19(7)26(38)34-12-10-11-21(34)28(40)41/h15-22,29H,10-14H2,1-9H3,(H,30,37)(H,31,36)(H,32,35)(H,40,41)/t17-,18-,19-,20-,21-,22-/m0/s1. The van der Waals surface area contributed by atoms with Crippen LogP contribution in [0.5, 0.6) is 0 Å². The van der Waals surface area contributed by atoms with Gasteiger partial charge in [-0.2, -0.15) is 0 Å². The van der Waals surface area contributed by atoms with Gasteiger partial charge in [0, 0.05) is 13.6 Å². The first-order chi connectivity index (χ1) is 19.0. The molecule has 0 unspecified atom stereocenters. The van der Waals surface area contributed by atoms with Crippen molar-refractivity contribution in [1.82, 2.24) is 31.1 Å². The van der Waals surface area contributed by atoms with Crippen LogP contribution in [0.1, 0.15) is 74.1 Å². The lowest BCUT2D eigenvalue weighted by Gasteiger charge is -2.33. The number of carbonyl (C=O) groups excluding carboxylic acids is 5. The highest BCUT2D eigenvalue weighted by Gasteiger charge is 2.37. The molecule has 1 aliphatic rings. The fraction of sp³-hybridized carbons (Fsp3) is 0.786. The first-order valence-electron chi connectivity index (χ1n) is 14.4. The maximum absolute atomic E-state index is 13.5. The number of carbonyl (C=O) groups is 6. The second-order valence-corrected chi connectivity index (χ2v) is 11.8. The Balaban J connectivity index is 2.97. The summed E-state index contributed by atoms with van der Waals surface area (Å²) in [4.78, 5) is 79.1. The molecule has 1 aliphatic heterocycles. The molecule has 6 atom stereocenters.